The fourth-order valence-electron chi connectivity index (χ4n) is 1.45. The molecule has 1 amide bonds. The normalized spacial score (nSPS) is 12.9. The third kappa shape index (κ3) is 3.85. The third-order valence-electron chi connectivity index (χ3n) is 2.45. The molecule has 0 aliphatic carbocycles. The number of likely N-dealkylation sites (N-methyl/N-ethyl adjacent to an activating group) is 1. The van der Waals surface area contributed by atoms with Crippen LogP contribution < -0.4 is 10.1 Å². The molecule has 0 saturated carbocycles. The van der Waals surface area contributed by atoms with Crippen molar-refractivity contribution in [3.63, 3.8) is 0 Å². The summed E-state index contributed by atoms with van der Waals surface area (Å²) in [6, 6.07) is 3.20. The molecule has 1 rings (SSSR count). The Kier molecular flexibility index (Phi) is 4.77. The maximum Gasteiger partial charge on any atom is 0.419 e. The van der Waals surface area contributed by atoms with Gasteiger partial charge in [-0.1, -0.05) is 6.07 Å². The Balaban J connectivity index is 3.10. The molecular weight excluding hydrogens is 263 g/mol. The molecule has 0 aliphatic heterocycles. The van der Waals surface area contributed by atoms with Crippen LogP contribution in [0.2, 0.25) is 0 Å². The molecule has 0 aliphatic rings. The average Bonchev–Trinajstić information content (AvgIpc) is 2.36. The van der Waals surface area contributed by atoms with E-state index in [1.165, 1.54) is 20.0 Å². The summed E-state index contributed by atoms with van der Waals surface area (Å²) in [7, 11) is 1.36. The van der Waals surface area contributed by atoms with Crippen LogP contribution in [0.3, 0.4) is 0 Å². The first-order valence-electron chi connectivity index (χ1n) is 5.48. The van der Waals surface area contributed by atoms with Gasteiger partial charge in [-0.15, -0.1) is 0 Å². The highest BCUT2D eigenvalue weighted by molar-refractivity contribution is 5.80. The van der Waals surface area contributed by atoms with Gasteiger partial charge in [0.25, 0.3) is 5.91 Å². The molecule has 2 N–H and O–H groups in total. The lowest BCUT2D eigenvalue weighted by molar-refractivity contribution is -0.140. The van der Waals surface area contributed by atoms with Crippen LogP contribution in [-0.2, 0) is 17.6 Å². The fourth-order valence-corrected chi connectivity index (χ4v) is 1.45. The lowest BCUT2D eigenvalue weighted by atomic mass is 10.1. The summed E-state index contributed by atoms with van der Waals surface area (Å²) < 4.78 is 43.5. The van der Waals surface area contributed by atoms with Crippen LogP contribution in [-0.4, -0.2) is 24.2 Å². The monoisotopic (exact) mass is 277 g/mol. The minimum absolute atomic E-state index is 0.118. The summed E-state index contributed by atoms with van der Waals surface area (Å²) in [5, 5.41) is 11.1. The molecule has 0 fully saturated rings. The zero-order valence-corrected chi connectivity index (χ0v) is 10.4. The van der Waals surface area contributed by atoms with Crippen molar-refractivity contribution in [3.05, 3.63) is 29.3 Å². The maximum atomic E-state index is 12.8. The fraction of sp³-hybridized carbons (Fsp3) is 0.417. The van der Waals surface area contributed by atoms with E-state index in [0.717, 1.165) is 12.1 Å². The Hall–Kier alpha value is -1.76. The van der Waals surface area contributed by atoms with Crippen molar-refractivity contribution in [1.29, 1.82) is 0 Å². The number of aliphatic hydroxyl groups excluding tert-OH is 1. The number of benzene rings is 1. The molecule has 0 aromatic heterocycles. The molecule has 106 valence electrons. The van der Waals surface area contributed by atoms with E-state index in [4.69, 9.17) is 9.84 Å². The van der Waals surface area contributed by atoms with Gasteiger partial charge in [-0.2, -0.15) is 13.2 Å². The molecule has 1 aromatic rings. The van der Waals surface area contributed by atoms with Crippen molar-refractivity contribution >= 4 is 5.91 Å². The average molecular weight is 277 g/mol. The van der Waals surface area contributed by atoms with Crippen LogP contribution in [0.4, 0.5) is 13.2 Å². The van der Waals surface area contributed by atoms with E-state index < -0.39 is 36.1 Å². The van der Waals surface area contributed by atoms with E-state index in [1.54, 1.807) is 0 Å². The second-order valence-electron chi connectivity index (χ2n) is 3.86. The Bertz CT molecular complexity index is 460. The molecule has 1 atom stereocenters. The maximum absolute atomic E-state index is 12.8. The number of amides is 1. The van der Waals surface area contributed by atoms with Gasteiger partial charge >= 0.3 is 6.18 Å². The van der Waals surface area contributed by atoms with Crippen LogP contribution in [0.15, 0.2) is 18.2 Å². The predicted molar refractivity (Wildman–Crippen MR) is 61.5 cm³/mol. The summed E-state index contributed by atoms with van der Waals surface area (Å²) in [4.78, 5) is 11.2. The first-order chi connectivity index (χ1) is 8.79. The van der Waals surface area contributed by atoms with Gasteiger partial charge in [-0.25, -0.2) is 0 Å². The minimum Gasteiger partial charge on any atom is -0.480 e. The van der Waals surface area contributed by atoms with E-state index in [9.17, 15) is 18.0 Å². The Morgan fingerprint density at radius 1 is 1.47 bits per heavy atom. The van der Waals surface area contributed by atoms with Gasteiger partial charge in [0.2, 0.25) is 0 Å². The summed E-state index contributed by atoms with van der Waals surface area (Å²) in [5.41, 5.74) is -0.901. The van der Waals surface area contributed by atoms with Crippen molar-refractivity contribution in [2.24, 2.45) is 0 Å². The van der Waals surface area contributed by atoms with E-state index >= 15 is 0 Å². The zero-order valence-electron chi connectivity index (χ0n) is 10.4. The molecule has 0 saturated heterocycles. The van der Waals surface area contributed by atoms with Crippen LogP contribution >= 0.6 is 0 Å². The Morgan fingerprint density at radius 2 is 2.11 bits per heavy atom. The molecule has 0 spiro atoms. The molecule has 19 heavy (non-hydrogen) atoms. The highest BCUT2D eigenvalue weighted by atomic mass is 19.4. The van der Waals surface area contributed by atoms with Crippen molar-refractivity contribution in [2.45, 2.75) is 25.8 Å². The largest absolute Gasteiger partial charge is 0.480 e. The molecule has 7 heteroatoms. The topological polar surface area (TPSA) is 58.6 Å². The van der Waals surface area contributed by atoms with Crippen LogP contribution in [0.25, 0.3) is 0 Å². The molecule has 1 unspecified atom stereocenters. The first kappa shape index (κ1) is 15.3. The number of carbonyl (C=O) groups excluding carboxylic acids is 1. The second-order valence-corrected chi connectivity index (χ2v) is 3.86. The van der Waals surface area contributed by atoms with Crippen LogP contribution in [0.5, 0.6) is 5.75 Å². The number of aliphatic hydroxyl groups is 1. The predicted octanol–water partition coefficient (Wildman–Crippen LogP) is 1.71. The SMILES string of the molecule is CNC(=O)C(C)Oc1ccc(CO)cc1C(F)(F)F. The molecule has 1 aromatic carbocycles. The van der Waals surface area contributed by atoms with Crippen LogP contribution in [0.1, 0.15) is 18.1 Å². The molecule has 0 heterocycles. The smallest absolute Gasteiger partial charge is 0.419 e. The summed E-state index contributed by atoms with van der Waals surface area (Å²) in [6.07, 6.45) is -5.67. The summed E-state index contributed by atoms with van der Waals surface area (Å²) in [5.74, 6) is -0.972. The third-order valence-corrected chi connectivity index (χ3v) is 2.45. The Morgan fingerprint density at radius 3 is 2.58 bits per heavy atom. The van der Waals surface area contributed by atoms with E-state index in [1.807, 2.05) is 0 Å². The number of ether oxygens (including phenoxy) is 1. The van der Waals surface area contributed by atoms with Gasteiger partial charge in [0.15, 0.2) is 6.10 Å². The molecule has 0 bridgehead atoms. The lowest BCUT2D eigenvalue weighted by Gasteiger charge is -2.18. The van der Waals surface area contributed by atoms with Crippen molar-refractivity contribution in [3.8, 4) is 5.75 Å². The number of alkyl halides is 3. The number of carbonyl (C=O) groups is 1. The number of nitrogens with one attached hydrogen (secondary N) is 1. The van der Waals surface area contributed by atoms with E-state index in [-0.39, 0.29) is 5.56 Å². The van der Waals surface area contributed by atoms with Crippen LogP contribution in [0, 0.1) is 0 Å². The first-order valence-corrected chi connectivity index (χ1v) is 5.48. The standard InChI is InChI=1S/C12H14F3NO3/c1-7(11(18)16-2)19-10-4-3-8(6-17)5-9(10)12(13,14)15/h3-5,7,17H,6H2,1-2H3,(H,16,18). The van der Waals surface area contributed by atoms with Crippen molar-refractivity contribution in [2.75, 3.05) is 7.05 Å². The highest BCUT2D eigenvalue weighted by Gasteiger charge is 2.35. The second kappa shape index (κ2) is 5.92. The highest BCUT2D eigenvalue weighted by Crippen LogP contribution is 2.37. The molecule has 0 radical (unpaired) electrons. The summed E-state index contributed by atoms with van der Waals surface area (Å²) in [6.45, 7) is 0.841. The van der Waals surface area contributed by atoms with Crippen molar-refractivity contribution in [1.82, 2.24) is 5.32 Å². The van der Waals surface area contributed by atoms with Crippen molar-refractivity contribution < 1.29 is 27.8 Å². The van der Waals surface area contributed by atoms with E-state index in [2.05, 4.69) is 5.32 Å². The molecule has 4 nitrogen and oxygen atoms in total. The van der Waals surface area contributed by atoms with Gasteiger partial charge in [0.1, 0.15) is 5.75 Å². The Labute approximate surface area is 108 Å². The lowest BCUT2D eigenvalue weighted by Crippen LogP contribution is -2.34. The van der Waals surface area contributed by atoms with Gasteiger partial charge in [-0.3, -0.25) is 4.79 Å². The van der Waals surface area contributed by atoms with Gasteiger partial charge < -0.3 is 15.2 Å². The molecular formula is C12H14F3NO3. The van der Waals surface area contributed by atoms with Gasteiger partial charge in [0, 0.05) is 7.05 Å². The number of halogens is 3. The minimum atomic E-state index is -4.62. The quantitative estimate of drug-likeness (QED) is 0.881. The van der Waals surface area contributed by atoms with E-state index in [0.29, 0.717) is 0 Å². The number of hydrogen-bond acceptors (Lipinski definition) is 3. The number of rotatable bonds is 4. The summed E-state index contributed by atoms with van der Waals surface area (Å²) >= 11 is 0. The zero-order chi connectivity index (χ0) is 14.6. The van der Waals surface area contributed by atoms with Gasteiger partial charge in [-0.05, 0) is 24.6 Å². The number of hydrogen-bond donors (Lipinski definition) is 2. The van der Waals surface area contributed by atoms with Gasteiger partial charge in [0.05, 0.1) is 12.2 Å².